The number of rotatable bonds is 3. The third-order valence-corrected chi connectivity index (χ3v) is 2.28. The maximum atomic E-state index is 11.2. The van der Waals surface area contributed by atoms with Gasteiger partial charge in [0.1, 0.15) is 5.41 Å². The Labute approximate surface area is 72.1 Å². The molecule has 0 spiro atoms. The molecule has 0 aliphatic carbocycles. The summed E-state index contributed by atoms with van der Waals surface area (Å²) in [5.74, 6) is -1.39. The predicted molar refractivity (Wildman–Crippen MR) is 44.2 cm³/mol. The summed E-state index contributed by atoms with van der Waals surface area (Å²) in [5.41, 5.74) is 3.90. The van der Waals surface area contributed by atoms with Gasteiger partial charge < -0.3 is 10.5 Å². The first-order valence-corrected chi connectivity index (χ1v) is 3.75. The Balaban J connectivity index is 4.87. The van der Waals surface area contributed by atoms with E-state index in [1.165, 1.54) is 14.0 Å². The molecule has 1 atom stereocenters. The maximum absolute atomic E-state index is 11.2. The number of carbonyl (C=O) groups excluding carboxylic acids is 2. The molecule has 2 N–H and O–H groups in total. The Morgan fingerprint density at radius 1 is 1.42 bits per heavy atom. The molecule has 0 bridgehead atoms. The number of esters is 1. The third-order valence-electron chi connectivity index (χ3n) is 2.28. The van der Waals surface area contributed by atoms with Crippen molar-refractivity contribution in [3.8, 4) is 0 Å². The van der Waals surface area contributed by atoms with Crippen LogP contribution in [0.2, 0.25) is 0 Å². The second kappa shape index (κ2) is 3.56. The number of hydrogen-bond donors (Lipinski definition) is 1. The van der Waals surface area contributed by atoms with Crippen LogP contribution in [0.1, 0.15) is 20.8 Å². The average Bonchev–Trinajstić information content (AvgIpc) is 2.00. The van der Waals surface area contributed by atoms with E-state index >= 15 is 0 Å². The first kappa shape index (κ1) is 10.9. The minimum atomic E-state index is -1.21. The number of amides is 1. The summed E-state index contributed by atoms with van der Waals surface area (Å²) in [7, 11) is 1.24. The van der Waals surface area contributed by atoms with Crippen molar-refractivity contribution in [2.45, 2.75) is 20.8 Å². The normalized spacial score (nSPS) is 15.4. The van der Waals surface area contributed by atoms with Crippen LogP contribution >= 0.6 is 0 Å². The first-order valence-electron chi connectivity index (χ1n) is 3.75. The lowest BCUT2D eigenvalue weighted by Crippen LogP contribution is -2.46. The lowest BCUT2D eigenvalue weighted by molar-refractivity contribution is -0.159. The number of methoxy groups -OCH3 is 1. The van der Waals surface area contributed by atoms with E-state index in [2.05, 4.69) is 4.74 Å². The Kier molecular flexibility index (Phi) is 3.24. The SMILES string of the molecule is COC(=O)[C@@](C)(C(N)=O)C(C)C. The topological polar surface area (TPSA) is 69.4 Å². The molecule has 0 saturated carbocycles. The van der Waals surface area contributed by atoms with Crippen molar-refractivity contribution in [2.24, 2.45) is 17.1 Å². The van der Waals surface area contributed by atoms with Gasteiger partial charge in [-0.3, -0.25) is 9.59 Å². The molecule has 0 aliphatic heterocycles. The highest BCUT2D eigenvalue weighted by Gasteiger charge is 2.43. The standard InChI is InChI=1S/C8H15NO3/c1-5(2)8(3,6(9)10)7(11)12-4/h5H,1-4H3,(H2,9,10)/t8-/m1/s1. The molecule has 4 nitrogen and oxygen atoms in total. The number of hydrogen-bond acceptors (Lipinski definition) is 3. The molecule has 0 aromatic carbocycles. The molecule has 70 valence electrons. The summed E-state index contributed by atoms with van der Waals surface area (Å²) in [6.45, 7) is 5.00. The van der Waals surface area contributed by atoms with Gasteiger partial charge in [0.2, 0.25) is 5.91 Å². The van der Waals surface area contributed by atoms with Gasteiger partial charge in [0.05, 0.1) is 7.11 Å². The minimum Gasteiger partial charge on any atom is -0.468 e. The minimum absolute atomic E-state index is 0.164. The lowest BCUT2D eigenvalue weighted by Gasteiger charge is -2.26. The molecule has 0 radical (unpaired) electrons. The van der Waals surface area contributed by atoms with Crippen molar-refractivity contribution in [3.63, 3.8) is 0 Å². The molecule has 0 fully saturated rings. The highest BCUT2D eigenvalue weighted by atomic mass is 16.5. The van der Waals surface area contributed by atoms with Gasteiger partial charge in [-0.25, -0.2) is 0 Å². The molecular weight excluding hydrogens is 158 g/mol. The number of nitrogens with two attached hydrogens (primary N) is 1. The van der Waals surface area contributed by atoms with Gasteiger partial charge in [0.15, 0.2) is 0 Å². The number of carbonyl (C=O) groups is 2. The molecule has 0 aromatic rings. The highest BCUT2D eigenvalue weighted by Crippen LogP contribution is 2.27. The summed E-state index contributed by atoms with van der Waals surface area (Å²) in [5, 5.41) is 0. The third kappa shape index (κ3) is 1.57. The Hall–Kier alpha value is -1.06. The van der Waals surface area contributed by atoms with E-state index in [9.17, 15) is 9.59 Å². The smallest absolute Gasteiger partial charge is 0.321 e. The van der Waals surface area contributed by atoms with Gasteiger partial charge in [0.25, 0.3) is 0 Å². The van der Waals surface area contributed by atoms with Crippen LogP contribution in [0, 0.1) is 11.3 Å². The van der Waals surface area contributed by atoms with E-state index in [1.807, 2.05) is 0 Å². The fourth-order valence-electron chi connectivity index (χ4n) is 0.833. The van der Waals surface area contributed by atoms with Crippen molar-refractivity contribution in [2.75, 3.05) is 7.11 Å². The van der Waals surface area contributed by atoms with E-state index in [0.29, 0.717) is 0 Å². The number of primary amides is 1. The Bertz CT molecular complexity index is 200. The van der Waals surface area contributed by atoms with Crippen molar-refractivity contribution >= 4 is 11.9 Å². The Morgan fingerprint density at radius 3 is 1.92 bits per heavy atom. The van der Waals surface area contributed by atoms with E-state index in [0.717, 1.165) is 0 Å². The highest BCUT2D eigenvalue weighted by molar-refractivity contribution is 6.01. The zero-order valence-electron chi connectivity index (χ0n) is 7.88. The molecule has 0 heterocycles. The molecule has 0 unspecified atom stereocenters. The molecule has 12 heavy (non-hydrogen) atoms. The van der Waals surface area contributed by atoms with Crippen LogP contribution in [0.3, 0.4) is 0 Å². The largest absolute Gasteiger partial charge is 0.468 e. The molecule has 0 aromatic heterocycles. The van der Waals surface area contributed by atoms with Crippen LogP contribution in [-0.4, -0.2) is 19.0 Å². The van der Waals surface area contributed by atoms with Crippen LogP contribution in [0.25, 0.3) is 0 Å². The van der Waals surface area contributed by atoms with Crippen molar-refractivity contribution < 1.29 is 14.3 Å². The monoisotopic (exact) mass is 173 g/mol. The number of ether oxygens (including phenoxy) is 1. The fraction of sp³-hybridized carbons (Fsp3) is 0.750. The van der Waals surface area contributed by atoms with Crippen molar-refractivity contribution in [1.29, 1.82) is 0 Å². The van der Waals surface area contributed by atoms with Crippen LogP contribution in [-0.2, 0) is 14.3 Å². The van der Waals surface area contributed by atoms with Gasteiger partial charge in [0, 0.05) is 0 Å². The van der Waals surface area contributed by atoms with E-state index in [1.54, 1.807) is 13.8 Å². The van der Waals surface area contributed by atoms with Gasteiger partial charge in [-0.05, 0) is 12.8 Å². The van der Waals surface area contributed by atoms with Gasteiger partial charge >= 0.3 is 5.97 Å². The summed E-state index contributed by atoms with van der Waals surface area (Å²) in [6.07, 6.45) is 0. The summed E-state index contributed by atoms with van der Waals surface area (Å²) < 4.78 is 4.50. The molecule has 0 saturated heterocycles. The zero-order valence-corrected chi connectivity index (χ0v) is 7.88. The second-order valence-corrected chi connectivity index (χ2v) is 3.21. The van der Waals surface area contributed by atoms with Crippen molar-refractivity contribution in [1.82, 2.24) is 0 Å². The second-order valence-electron chi connectivity index (χ2n) is 3.21. The van der Waals surface area contributed by atoms with E-state index < -0.39 is 17.3 Å². The lowest BCUT2D eigenvalue weighted by atomic mass is 9.78. The van der Waals surface area contributed by atoms with Crippen molar-refractivity contribution in [3.05, 3.63) is 0 Å². The van der Waals surface area contributed by atoms with E-state index in [-0.39, 0.29) is 5.92 Å². The summed E-state index contributed by atoms with van der Waals surface area (Å²) in [6, 6.07) is 0. The van der Waals surface area contributed by atoms with Crippen LogP contribution in [0.5, 0.6) is 0 Å². The zero-order chi connectivity index (χ0) is 9.94. The van der Waals surface area contributed by atoms with Gasteiger partial charge in [-0.2, -0.15) is 0 Å². The maximum Gasteiger partial charge on any atom is 0.321 e. The molecule has 1 amide bonds. The summed E-state index contributed by atoms with van der Waals surface area (Å²) >= 11 is 0. The van der Waals surface area contributed by atoms with Gasteiger partial charge in [-0.1, -0.05) is 13.8 Å². The predicted octanol–water partition coefficient (Wildman–Crippen LogP) is 0.307. The average molecular weight is 173 g/mol. The quantitative estimate of drug-likeness (QED) is 0.493. The molecular formula is C8H15NO3. The Morgan fingerprint density at radius 2 is 1.83 bits per heavy atom. The van der Waals surface area contributed by atoms with Crippen LogP contribution in [0.4, 0.5) is 0 Å². The summed E-state index contributed by atoms with van der Waals surface area (Å²) in [4.78, 5) is 22.2. The molecule has 0 aliphatic rings. The molecule has 0 rings (SSSR count). The fourth-order valence-corrected chi connectivity index (χ4v) is 0.833. The first-order chi connectivity index (χ1) is 5.37. The van der Waals surface area contributed by atoms with Crippen LogP contribution in [0.15, 0.2) is 0 Å². The van der Waals surface area contributed by atoms with Crippen LogP contribution < -0.4 is 5.73 Å². The molecule has 4 heteroatoms. The van der Waals surface area contributed by atoms with E-state index in [4.69, 9.17) is 5.73 Å². The van der Waals surface area contributed by atoms with Gasteiger partial charge in [-0.15, -0.1) is 0 Å².